The number of aromatic nitrogens is 2. The Balaban J connectivity index is 2.00. The summed E-state index contributed by atoms with van der Waals surface area (Å²) in [5.74, 6) is 0.564. The van der Waals surface area contributed by atoms with E-state index in [9.17, 15) is 5.11 Å². The van der Waals surface area contributed by atoms with E-state index in [0.717, 1.165) is 18.5 Å². The van der Waals surface area contributed by atoms with E-state index in [1.165, 1.54) is 0 Å². The van der Waals surface area contributed by atoms with E-state index in [1.54, 1.807) is 0 Å². The molecule has 0 bridgehead atoms. The number of benzene rings is 1. The molecule has 6 heteroatoms. The molecule has 1 aromatic heterocycles. The van der Waals surface area contributed by atoms with Crippen molar-refractivity contribution >= 4 is 6.01 Å². The van der Waals surface area contributed by atoms with Crippen molar-refractivity contribution in [2.24, 2.45) is 0 Å². The van der Waals surface area contributed by atoms with Crippen LogP contribution in [0.25, 0.3) is 0 Å². The molecule has 0 unspecified atom stereocenters. The lowest BCUT2D eigenvalue weighted by atomic mass is 10.2. The van der Waals surface area contributed by atoms with Crippen molar-refractivity contribution < 1.29 is 9.52 Å². The minimum absolute atomic E-state index is 0.0403. The third-order valence-electron chi connectivity index (χ3n) is 3.02. The molecular weight excluding hydrogens is 268 g/mol. The largest absolute Gasteiger partial charge is 0.407 e. The first-order valence-corrected chi connectivity index (χ1v) is 7.26. The van der Waals surface area contributed by atoms with Crippen LogP contribution in [-0.2, 0) is 13.1 Å². The number of rotatable bonds is 9. The van der Waals surface area contributed by atoms with Gasteiger partial charge in [-0.15, -0.1) is 5.10 Å². The minimum Gasteiger partial charge on any atom is -0.407 e. The zero-order valence-corrected chi connectivity index (χ0v) is 12.3. The van der Waals surface area contributed by atoms with Crippen molar-refractivity contribution in [3.05, 3.63) is 41.8 Å². The number of nitrogens with one attached hydrogen (secondary N) is 1. The summed E-state index contributed by atoms with van der Waals surface area (Å²) < 4.78 is 5.65. The molecule has 21 heavy (non-hydrogen) atoms. The number of nitrogens with zero attached hydrogens (tertiary/aromatic N) is 3. The Morgan fingerprint density at radius 1 is 1.24 bits per heavy atom. The molecule has 0 saturated carbocycles. The highest BCUT2D eigenvalue weighted by molar-refractivity contribution is 5.28. The summed E-state index contributed by atoms with van der Waals surface area (Å²) in [4.78, 5) is 1.88. The molecule has 0 fully saturated rings. The summed E-state index contributed by atoms with van der Waals surface area (Å²) in [6.45, 7) is 4.72. The Labute approximate surface area is 124 Å². The van der Waals surface area contributed by atoms with Gasteiger partial charge >= 0.3 is 6.01 Å². The van der Waals surface area contributed by atoms with Crippen LogP contribution in [0.2, 0.25) is 0 Å². The highest BCUT2D eigenvalue weighted by Crippen LogP contribution is 2.15. The van der Waals surface area contributed by atoms with Crippen molar-refractivity contribution in [1.29, 1.82) is 0 Å². The van der Waals surface area contributed by atoms with Crippen LogP contribution in [0, 0.1) is 0 Å². The van der Waals surface area contributed by atoms with Crippen molar-refractivity contribution in [1.82, 2.24) is 15.5 Å². The monoisotopic (exact) mass is 290 g/mol. The second kappa shape index (κ2) is 8.39. The molecule has 2 rings (SSSR count). The van der Waals surface area contributed by atoms with Crippen LogP contribution >= 0.6 is 0 Å². The molecule has 0 aliphatic heterocycles. The highest BCUT2D eigenvalue weighted by atomic mass is 16.4. The van der Waals surface area contributed by atoms with E-state index in [0.29, 0.717) is 31.5 Å². The Hall–Kier alpha value is -1.92. The fraction of sp³-hybridized carbons (Fsp3) is 0.467. The third-order valence-corrected chi connectivity index (χ3v) is 3.02. The van der Waals surface area contributed by atoms with Crippen molar-refractivity contribution in [2.75, 3.05) is 24.6 Å². The molecule has 114 valence electrons. The molecule has 0 spiro atoms. The second-order valence-electron chi connectivity index (χ2n) is 4.79. The van der Waals surface area contributed by atoms with Gasteiger partial charge in [0.2, 0.25) is 5.89 Å². The molecule has 0 aliphatic carbocycles. The third kappa shape index (κ3) is 4.84. The first kappa shape index (κ1) is 15.5. The Morgan fingerprint density at radius 3 is 2.76 bits per heavy atom. The lowest BCUT2D eigenvalue weighted by molar-refractivity contribution is 0.297. The van der Waals surface area contributed by atoms with E-state index >= 15 is 0 Å². The average molecular weight is 290 g/mol. The molecule has 1 aromatic carbocycles. The Morgan fingerprint density at radius 2 is 2.05 bits per heavy atom. The van der Waals surface area contributed by atoms with Gasteiger partial charge in [-0.2, -0.15) is 0 Å². The van der Waals surface area contributed by atoms with Gasteiger partial charge in [0.1, 0.15) is 0 Å². The number of hydrogen-bond donors (Lipinski definition) is 2. The zero-order chi connectivity index (χ0) is 14.9. The van der Waals surface area contributed by atoms with E-state index < -0.39 is 0 Å². The molecule has 6 nitrogen and oxygen atoms in total. The summed E-state index contributed by atoms with van der Waals surface area (Å²) >= 11 is 0. The summed E-state index contributed by atoms with van der Waals surface area (Å²) in [7, 11) is 0. The summed E-state index contributed by atoms with van der Waals surface area (Å²) in [5, 5.41) is 20.5. The van der Waals surface area contributed by atoms with E-state index in [1.807, 2.05) is 35.2 Å². The fourth-order valence-electron chi connectivity index (χ4n) is 1.98. The van der Waals surface area contributed by atoms with E-state index in [2.05, 4.69) is 22.4 Å². The van der Waals surface area contributed by atoms with Gasteiger partial charge in [0.05, 0.1) is 13.2 Å². The SMILES string of the molecule is CCCNCc1nnc(N(CCO)Cc2ccccc2)o1. The Kier molecular flexibility index (Phi) is 6.18. The predicted octanol–water partition coefficient (Wildman–Crippen LogP) is 1.57. The zero-order valence-electron chi connectivity index (χ0n) is 12.3. The van der Waals surface area contributed by atoms with Crippen LogP contribution in [0.15, 0.2) is 34.7 Å². The fourth-order valence-corrected chi connectivity index (χ4v) is 1.98. The topological polar surface area (TPSA) is 74.4 Å². The minimum atomic E-state index is 0.0403. The van der Waals surface area contributed by atoms with Crippen LogP contribution < -0.4 is 10.2 Å². The smallest absolute Gasteiger partial charge is 0.318 e. The molecule has 0 radical (unpaired) electrons. The Bertz CT molecular complexity index is 515. The van der Waals surface area contributed by atoms with Crippen LogP contribution in [0.5, 0.6) is 0 Å². The first-order chi connectivity index (χ1) is 10.3. The van der Waals surface area contributed by atoms with Crippen molar-refractivity contribution in [2.45, 2.75) is 26.4 Å². The number of aliphatic hydroxyl groups is 1. The maximum atomic E-state index is 9.21. The quantitative estimate of drug-likeness (QED) is 0.683. The summed E-state index contributed by atoms with van der Waals surface area (Å²) in [5.41, 5.74) is 1.13. The molecule has 0 atom stereocenters. The van der Waals surface area contributed by atoms with Gasteiger partial charge in [-0.3, -0.25) is 0 Å². The molecular formula is C15H22N4O2. The molecule has 2 N–H and O–H groups in total. The molecule has 2 aromatic rings. The number of hydrogen-bond acceptors (Lipinski definition) is 6. The van der Waals surface area contributed by atoms with Crippen LogP contribution in [0.3, 0.4) is 0 Å². The van der Waals surface area contributed by atoms with Gasteiger partial charge in [-0.25, -0.2) is 0 Å². The van der Waals surface area contributed by atoms with Crippen molar-refractivity contribution in [3.63, 3.8) is 0 Å². The summed E-state index contributed by atoms with van der Waals surface area (Å²) in [6, 6.07) is 10.5. The maximum absolute atomic E-state index is 9.21. The summed E-state index contributed by atoms with van der Waals surface area (Å²) in [6.07, 6.45) is 1.06. The van der Waals surface area contributed by atoms with Gasteiger partial charge < -0.3 is 19.7 Å². The number of aliphatic hydroxyl groups excluding tert-OH is 1. The van der Waals surface area contributed by atoms with Gasteiger partial charge in [0, 0.05) is 13.1 Å². The molecule has 0 amide bonds. The predicted molar refractivity (Wildman–Crippen MR) is 80.9 cm³/mol. The molecule has 0 saturated heterocycles. The standard InChI is InChI=1S/C15H22N4O2/c1-2-8-16-11-14-17-18-15(21-14)19(9-10-20)12-13-6-4-3-5-7-13/h3-7,16,20H,2,8-12H2,1H3. The number of anilines is 1. The lowest BCUT2D eigenvalue weighted by Crippen LogP contribution is -2.26. The van der Waals surface area contributed by atoms with E-state index in [-0.39, 0.29) is 6.61 Å². The average Bonchev–Trinajstić information content (AvgIpc) is 2.97. The lowest BCUT2D eigenvalue weighted by Gasteiger charge is -2.18. The van der Waals surface area contributed by atoms with Gasteiger partial charge in [-0.1, -0.05) is 42.4 Å². The van der Waals surface area contributed by atoms with Crippen LogP contribution in [0.4, 0.5) is 6.01 Å². The molecule has 0 aliphatic rings. The van der Waals surface area contributed by atoms with Crippen molar-refractivity contribution in [3.8, 4) is 0 Å². The van der Waals surface area contributed by atoms with Gasteiger partial charge in [-0.05, 0) is 18.5 Å². The maximum Gasteiger partial charge on any atom is 0.318 e. The highest BCUT2D eigenvalue weighted by Gasteiger charge is 2.14. The first-order valence-electron chi connectivity index (χ1n) is 7.26. The normalized spacial score (nSPS) is 10.8. The van der Waals surface area contributed by atoms with Gasteiger partial charge in [0.25, 0.3) is 0 Å². The van der Waals surface area contributed by atoms with E-state index in [4.69, 9.17) is 4.42 Å². The van der Waals surface area contributed by atoms with Gasteiger partial charge in [0.15, 0.2) is 0 Å². The van der Waals surface area contributed by atoms with Crippen LogP contribution in [0.1, 0.15) is 24.8 Å². The molecule has 1 heterocycles. The second-order valence-corrected chi connectivity index (χ2v) is 4.79. The van der Waals surface area contributed by atoms with Crippen LogP contribution in [-0.4, -0.2) is 35.0 Å².